The smallest absolute Gasteiger partial charge is 0.416 e. The van der Waals surface area contributed by atoms with Crippen molar-refractivity contribution < 1.29 is 31.1 Å². The van der Waals surface area contributed by atoms with Gasteiger partial charge in [-0.25, -0.2) is 8.42 Å². The van der Waals surface area contributed by atoms with Gasteiger partial charge in [0.1, 0.15) is 5.75 Å². The molecule has 0 radical (unpaired) electrons. The van der Waals surface area contributed by atoms with Crippen LogP contribution in [0.4, 0.5) is 13.2 Å². The molecule has 0 unspecified atom stereocenters. The first-order valence-corrected chi connectivity index (χ1v) is 10.9. The molecule has 6 nitrogen and oxygen atoms in total. The molecule has 30 heavy (non-hydrogen) atoms. The molecule has 0 bridgehead atoms. The zero-order chi connectivity index (χ0) is 21.8. The molecule has 0 aromatic heterocycles. The molecular weight excluding hydrogens is 421 g/mol. The molecule has 10 heteroatoms. The minimum atomic E-state index is -4.50. The number of carbonyl (C=O) groups is 1. The molecule has 1 fully saturated rings. The first-order valence-electron chi connectivity index (χ1n) is 9.25. The van der Waals surface area contributed by atoms with Gasteiger partial charge in [-0.1, -0.05) is 36.4 Å². The van der Waals surface area contributed by atoms with Gasteiger partial charge in [-0.05, 0) is 23.8 Å². The predicted molar refractivity (Wildman–Crippen MR) is 104 cm³/mol. The highest BCUT2D eigenvalue weighted by Crippen LogP contribution is 2.31. The van der Waals surface area contributed by atoms with Crippen molar-refractivity contribution in [3.05, 3.63) is 65.7 Å². The minimum absolute atomic E-state index is 0.0535. The van der Waals surface area contributed by atoms with Gasteiger partial charge in [-0.3, -0.25) is 4.79 Å². The quantitative estimate of drug-likeness (QED) is 0.690. The third kappa shape index (κ3) is 5.73. The van der Waals surface area contributed by atoms with Gasteiger partial charge in [-0.2, -0.15) is 17.5 Å². The van der Waals surface area contributed by atoms with Crippen LogP contribution in [0.15, 0.2) is 54.6 Å². The van der Waals surface area contributed by atoms with Gasteiger partial charge >= 0.3 is 6.18 Å². The second kappa shape index (κ2) is 9.05. The van der Waals surface area contributed by atoms with Crippen molar-refractivity contribution >= 4 is 15.9 Å². The number of hydrogen-bond acceptors (Lipinski definition) is 4. The summed E-state index contributed by atoms with van der Waals surface area (Å²) in [4.78, 5) is 13.8. The maximum atomic E-state index is 12.7. The van der Waals surface area contributed by atoms with Gasteiger partial charge in [0.15, 0.2) is 6.61 Å². The molecule has 0 N–H and O–H groups in total. The van der Waals surface area contributed by atoms with Gasteiger partial charge in [-0.15, -0.1) is 0 Å². The van der Waals surface area contributed by atoms with Crippen LogP contribution in [0.2, 0.25) is 0 Å². The number of nitrogens with zero attached hydrogens (tertiary/aromatic N) is 2. The van der Waals surface area contributed by atoms with Gasteiger partial charge < -0.3 is 9.64 Å². The maximum Gasteiger partial charge on any atom is 0.416 e. The molecule has 1 saturated heterocycles. The molecule has 1 heterocycles. The van der Waals surface area contributed by atoms with Crippen molar-refractivity contribution in [2.75, 3.05) is 32.8 Å². The summed E-state index contributed by atoms with van der Waals surface area (Å²) < 4.78 is 69.9. The van der Waals surface area contributed by atoms with Gasteiger partial charge in [0.25, 0.3) is 5.91 Å². The Kier molecular flexibility index (Phi) is 6.67. The lowest BCUT2D eigenvalue weighted by Gasteiger charge is -2.34. The fourth-order valence-electron chi connectivity index (χ4n) is 3.09. The highest BCUT2D eigenvalue weighted by molar-refractivity contribution is 7.88. The number of amides is 1. The predicted octanol–water partition coefficient (Wildman–Crippen LogP) is 2.76. The number of hydrogen-bond donors (Lipinski definition) is 0. The average molecular weight is 442 g/mol. The number of ether oxygens (including phenoxy) is 1. The number of halogens is 3. The standard InChI is InChI=1S/C20H21F3N2O4S/c21-20(22,23)17-7-4-8-18(13-17)29-14-19(26)24-9-11-25(12-10-24)30(27,28)15-16-5-2-1-3-6-16/h1-8,13H,9-12,14-15H2. The molecule has 3 rings (SSSR count). The SMILES string of the molecule is O=C(COc1cccc(C(F)(F)F)c1)N1CCN(S(=O)(=O)Cc2ccccc2)CC1. The third-order valence-electron chi connectivity index (χ3n) is 4.70. The summed E-state index contributed by atoms with van der Waals surface area (Å²) in [6.07, 6.45) is -4.50. The summed E-state index contributed by atoms with van der Waals surface area (Å²) in [5.41, 5.74) is -0.171. The van der Waals surface area contributed by atoms with Crippen LogP contribution >= 0.6 is 0 Å². The molecule has 2 aromatic carbocycles. The highest BCUT2D eigenvalue weighted by atomic mass is 32.2. The minimum Gasteiger partial charge on any atom is -0.484 e. The summed E-state index contributed by atoms with van der Waals surface area (Å²) in [5.74, 6) is -0.574. The van der Waals surface area contributed by atoms with E-state index in [9.17, 15) is 26.4 Å². The lowest BCUT2D eigenvalue weighted by molar-refractivity contribution is -0.137. The van der Waals surface area contributed by atoms with Crippen LogP contribution < -0.4 is 4.74 Å². The number of carbonyl (C=O) groups excluding carboxylic acids is 1. The first kappa shape index (κ1) is 22.1. The monoisotopic (exact) mass is 442 g/mol. The molecule has 2 aromatic rings. The van der Waals surface area contributed by atoms with E-state index in [1.54, 1.807) is 24.3 Å². The van der Waals surface area contributed by atoms with E-state index in [1.807, 2.05) is 6.07 Å². The van der Waals surface area contributed by atoms with Gasteiger partial charge in [0, 0.05) is 26.2 Å². The van der Waals surface area contributed by atoms with Crippen molar-refractivity contribution in [3.8, 4) is 5.75 Å². The van der Waals surface area contributed by atoms with Crippen LogP contribution in [0.25, 0.3) is 0 Å². The lowest BCUT2D eigenvalue weighted by Crippen LogP contribution is -2.51. The zero-order valence-electron chi connectivity index (χ0n) is 16.0. The normalized spacial score (nSPS) is 15.8. The molecule has 1 aliphatic heterocycles. The molecule has 0 saturated carbocycles. The average Bonchev–Trinajstić information content (AvgIpc) is 2.72. The lowest BCUT2D eigenvalue weighted by atomic mass is 10.2. The van der Waals surface area contributed by atoms with Crippen LogP contribution in [-0.4, -0.2) is 56.3 Å². The van der Waals surface area contributed by atoms with Crippen LogP contribution in [0.1, 0.15) is 11.1 Å². The summed E-state index contributed by atoms with van der Waals surface area (Å²) in [7, 11) is -3.50. The number of rotatable bonds is 6. The Balaban J connectivity index is 1.51. The summed E-state index contributed by atoms with van der Waals surface area (Å²) >= 11 is 0. The molecule has 1 aliphatic rings. The summed E-state index contributed by atoms with van der Waals surface area (Å²) in [6.45, 7) is 0.282. The zero-order valence-corrected chi connectivity index (χ0v) is 16.8. The van der Waals surface area contributed by atoms with Gasteiger partial charge in [0.05, 0.1) is 11.3 Å². The van der Waals surface area contributed by atoms with Crippen LogP contribution in [-0.2, 0) is 26.7 Å². The van der Waals surface area contributed by atoms with E-state index in [2.05, 4.69) is 0 Å². The Hall–Kier alpha value is -2.59. The van der Waals surface area contributed by atoms with E-state index < -0.39 is 34.3 Å². The molecule has 0 aliphatic carbocycles. The molecule has 162 valence electrons. The number of sulfonamides is 1. The number of alkyl halides is 3. The van der Waals surface area contributed by atoms with E-state index in [1.165, 1.54) is 21.3 Å². The fraction of sp³-hybridized carbons (Fsp3) is 0.350. The summed E-state index contributed by atoms with van der Waals surface area (Å²) in [5, 5.41) is 0. The molecule has 1 amide bonds. The molecule has 0 spiro atoms. The highest BCUT2D eigenvalue weighted by Gasteiger charge is 2.31. The summed E-state index contributed by atoms with van der Waals surface area (Å²) in [6, 6.07) is 13.1. The van der Waals surface area contributed by atoms with Gasteiger partial charge in [0.2, 0.25) is 10.0 Å². The Morgan fingerprint density at radius 3 is 2.27 bits per heavy atom. The Morgan fingerprint density at radius 2 is 1.63 bits per heavy atom. The van der Waals surface area contributed by atoms with Crippen molar-refractivity contribution in [1.29, 1.82) is 0 Å². The van der Waals surface area contributed by atoms with E-state index in [-0.39, 0.29) is 37.7 Å². The Morgan fingerprint density at radius 1 is 0.967 bits per heavy atom. The van der Waals surface area contributed by atoms with Crippen molar-refractivity contribution in [2.45, 2.75) is 11.9 Å². The maximum absolute atomic E-state index is 12.7. The first-order chi connectivity index (χ1) is 14.1. The van der Waals surface area contributed by atoms with E-state index >= 15 is 0 Å². The number of piperazine rings is 1. The van der Waals surface area contributed by atoms with Crippen molar-refractivity contribution in [3.63, 3.8) is 0 Å². The number of benzene rings is 2. The van der Waals surface area contributed by atoms with E-state index in [0.29, 0.717) is 5.56 Å². The van der Waals surface area contributed by atoms with E-state index in [0.717, 1.165) is 12.1 Å². The fourth-order valence-corrected chi connectivity index (χ4v) is 4.61. The van der Waals surface area contributed by atoms with E-state index in [4.69, 9.17) is 4.74 Å². The van der Waals surface area contributed by atoms with Crippen molar-refractivity contribution in [1.82, 2.24) is 9.21 Å². The van der Waals surface area contributed by atoms with Crippen LogP contribution in [0.3, 0.4) is 0 Å². The Labute approximate surface area is 172 Å². The van der Waals surface area contributed by atoms with Crippen molar-refractivity contribution in [2.24, 2.45) is 0 Å². The largest absolute Gasteiger partial charge is 0.484 e. The second-order valence-corrected chi connectivity index (χ2v) is 8.80. The Bertz CT molecular complexity index is 973. The topological polar surface area (TPSA) is 66.9 Å². The third-order valence-corrected chi connectivity index (χ3v) is 6.55. The molecule has 0 atom stereocenters. The van der Waals surface area contributed by atoms with Crippen LogP contribution in [0, 0.1) is 0 Å². The second-order valence-electron chi connectivity index (χ2n) is 6.84. The van der Waals surface area contributed by atoms with Crippen LogP contribution in [0.5, 0.6) is 5.75 Å². The molecular formula is C20H21F3N2O4S.